The van der Waals surface area contributed by atoms with E-state index in [1.165, 1.54) is 17.4 Å². The quantitative estimate of drug-likeness (QED) is 0.468. The molecule has 3 aromatic rings. The zero-order valence-corrected chi connectivity index (χ0v) is 23.3. The molecule has 0 radical (unpaired) electrons. The maximum absolute atomic E-state index is 13.9. The summed E-state index contributed by atoms with van der Waals surface area (Å²) in [7, 11) is 0. The number of carbonyl (C=O) groups excluding carboxylic acids is 3. The van der Waals surface area contributed by atoms with E-state index in [4.69, 9.17) is 0 Å². The van der Waals surface area contributed by atoms with Gasteiger partial charge in [-0.15, -0.1) is 0 Å². The van der Waals surface area contributed by atoms with E-state index < -0.39 is 47.4 Å². The van der Waals surface area contributed by atoms with Gasteiger partial charge in [-0.25, -0.2) is 9.97 Å². The van der Waals surface area contributed by atoms with Gasteiger partial charge in [0.25, 0.3) is 5.91 Å². The first-order valence-corrected chi connectivity index (χ1v) is 14.3. The Balaban J connectivity index is 1.14. The smallest absolute Gasteiger partial charge is 0.340 e. The lowest BCUT2D eigenvalue weighted by molar-refractivity contribution is -0.195. The van der Waals surface area contributed by atoms with Gasteiger partial charge >= 0.3 is 6.18 Å². The Morgan fingerprint density at radius 3 is 2.60 bits per heavy atom. The maximum atomic E-state index is 13.9. The minimum Gasteiger partial charge on any atom is -0.340 e. The summed E-state index contributed by atoms with van der Waals surface area (Å²) in [5.74, 6) is -1.07. The number of hydrogen-bond acceptors (Lipinski definition) is 6. The molecule has 1 saturated carbocycles. The number of amides is 3. The average Bonchev–Trinajstić information content (AvgIpc) is 3.62. The third-order valence-electron chi connectivity index (χ3n) is 9.78. The Morgan fingerprint density at radius 1 is 1.12 bits per heavy atom. The number of nitrogens with zero attached hydrogens (tertiary/aromatic N) is 4. The minimum atomic E-state index is -4.41. The van der Waals surface area contributed by atoms with Crippen LogP contribution in [0.2, 0.25) is 0 Å². The van der Waals surface area contributed by atoms with Gasteiger partial charge in [-0.1, -0.05) is 30.3 Å². The van der Waals surface area contributed by atoms with Crippen molar-refractivity contribution in [1.29, 1.82) is 0 Å². The first kappa shape index (κ1) is 27.5. The molecular formula is C31H29F3N6O3. The number of hydrogen-bond donors (Lipinski definition) is 2. The number of piperidine rings is 1. The number of carbonyl (C=O) groups is 3. The molecule has 9 nitrogen and oxygen atoms in total. The van der Waals surface area contributed by atoms with Crippen molar-refractivity contribution in [3.8, 4) is 0 Å². The predicted octanol–water partition coefficient (Wildman–Crippen LogP) is 3.71. The van der Waals surface area contributed by atoms with Crippen molar-refractivity contribution in [2.24, 2.45) is 5.41 Å². The molecule has 0 unspecified atom stereocenters. The lowest BCUT2D eigenvalue weighted by Gasteiger charge is -2.45. The fourth-order valence-electron chi connectivity index (χ4n) is 7.01. The molecule has 1 aromatic carbocycles. The summed E-state index contributed by atoms with van der Waals surface area (Å²) in [4.78, 5) is 54.3. The molecule has 222 valence electrons. The molecule has 3 amide bonds. The summed E-state index contributed by atoms with van der Waals surface area (Å²) in [5.41, 5.74) is 0.396. The van der Waals surface area contributed by atoms with Gasteiger partial charge in [0.1, 0.15) is 18.2 Å². The van der Waals surface area contributed by atoms with Gasteiger partial charge < -0.3 is 15.5 Å². The highest BCUT2D eigenvalue weighted by molar-refractivity contribution is 6.06. The van der Waals surface area contributed by atoms with Gasteiger partial charge in [0.2, 0.25) is 11.8 Å². The second kappa shape index (κ2) is 9.58. The van der Waals surface area contributed by atoms with Crippen molar-refractivity contribution in [2.75, 3.05) is 11.9 Å². The maximum Gasteiger partial charge on any atom is 0.396 e. The van der Waals surface area contributed by atoms with Crippen LogP contribution >= 0.6 is 0 Å². The summed E-state index contributed by atoms with van der Waals surface area (Å²) in [6, 6.07) is 9.53. The second-order valence-corrected chi connectivity index (χ2v) is 12.3. The predicted molar refractivity (Wildman–Crippen MR) is 148 cm³/mol. The van der Waals surface area contributed by atoms with Crippen molar-refractivity contribution in [3.63, 3.8) is 0 Å². The largest absolute Gasteiger partial charge is 0.396 e. The SMILES string of the molecule is C[C@@H]1[C@H](c2ccccc2)C[C@H](NC(=O)c2cnc3c(c2)C[C@@]2(C3)C(=O)Nc3ncncc32)C(=O)N1CC1(C(F)(F)F)CC1. The zero-order chi connectivity index (χ0) is 30.1. The highest BCUT2D eigenvalue weighted by atomic mass is 19.4. The monoisotopic (exact) mass is 590 g/mol. The fraction of sp³-hybridized carbons (Fsp3) is 0.419. The zero-order valence-electron chi connectivity index (χ0n) is 23.3. The number of anilines is 1. The molecule has 2 aliphatic heterocycles. The highest BCUT2D eigenvalue weighted by Crippen LogP contribution is 2.58. The Morgan fingerprint density at radius 2 is 1.88 bits per heavy atom. The molecule has 43 heavy (non-hydrogen) atoms. The lowest BCUT2D eigenvalue weighted by Crippen LogP contribution is -2.59. The van der Waals surface area contributed by atoms with Gasteiger partial charge in [0.15, 0.2) is 0 Å². The molecular weight excluding hydrogens is 561 g/mol. The Kier molecular flexibility index (Phi) is 6.12. The standard InChI is InChI=1S/C31H29F3N6O3/c1-17-21(18-5-3-2-4-6-18)10-23(27(42)40(17)15-29(7-8-29)31(32,33)34)38-26(41)20-9-19-11-30(12-24(19)36-13-20)22-14-35-16-37-25(22)39-28(30)43/h2-6,9,13-14,16-17,21,23H,7-8,10-12,15H2,1H3,(H,38,41)(H,35,37,39,43)/t17-,21-,23+,30+/m1/s1. The summed E-state index contributed by atoms with van der Waals surface area (Å²) in [6.45, 7) is 1.35. The van der Waals surface area contributed by atoms with E-state index in [2.05, 4.69) is 25.6 Å². The molecule has 1 spiro atoms. The molecule has 12 heteroatoms. The summed E-state index contributed by atoms with van der Waals surface area (Å²) < 4.78 is 41.8. The topological polar surface area (TPSA) is 117 Å². The van der Waals surface area contributed by atoms with Gasteiger partial charge in [-0.2, -0.15) is 13.2 Å². The van der Waals surface area contributed by atoms with Crippen molar-refractivity contribution in [3.05, 3.63) is 83.1 Å². The molecule has 0 bridgehead atoms. The van der Waals surface area contributed by atoms with E-state index in [0.717, 1.165) is 11.1 Å². The summed E-state index contributed by atoms with van der Waals surface area (Å²) in [6.07, 6.45) is 0.850. The average molecular weight is 591 g/mol. The van der Waals surface area contributed by atoms with Crippen molar-refractivity contribution in [1.82, 2.24) is 25.2 Å². The minimum absolute atomic E-state index is 0.0169. The van der Waals surface area contributed by atoms with Crippen LogP contribution in [-0.2, 0) is 27.8 Å². The van der Waals surface area contributed by atoms with Crippen LogP contribution in [0.3, 0.4) is 0 Å². The van der Waals surface area contributed by atoms with E-state index in [-0.39, 0.29) is 36.7 Å². The number of rotatable bonds is 5. The molecule has 1 saturated heterocycles. The normalized spacial score (nSPS) is 27.1. The number of benzene rings is 1. The number of nitrogens with one attached hydrogen (secondary N) is 2. The van der Waals surface area contributed by atoms with E-state index in [0.29, 0.717) is 29.9 Å². The number of pyridine rings is 1. The number of halogens is 3. The molecule has 4 atom stereocenters. The van der Waals surface area contributed by atoms with Gasteiger partial charge in [-0.3, -0.25) is 19.4 Å². The van der Waals surface area contributed by atoms with E-state index in [1.807, 2.05) is 30.3 Å². The van der Waals surface area contributed by atoms with Crippen molar-refractivity contribution >= 4 is 23.5 Å². The molecule has 2 N–H and O–H groups in total. The van der Waals surface area contributed by atoms with Crippen LogP contribution in [0.1, 0.15) is 64.8 Å². The first-order valence-electron chi connectivity index (χ1n) is 14.3. The molecule has 4 heterocycles. The van der Waals surface area contributed by atoms with E-state index >= 15 is 0 Å². The van der Waals surface area contributed by atoms with Crippen LogP contribution in [0.5, 0.6) is 0 Å². The van der Waals surface area contributed by atoms with Crippen LogP contribution in [0.4, 0.5) is 19.0 Å². The second-order valence-electron chi connectivity index (χ2n) is 12.3. The van der Waals surface area contributed by atoms with Crippen molar-refractivity contribution < 1.29 is 27.6 Å². The van der Waals surface area contributed by atoms with Crippen LogP contribution < -0.4 is 10.6 Å². The number of fused-ring (bicyclic) bond motifs is 3. The van der Waals surface area contributed by atoms with Gasteiger partial charge in [-0.05, 0) is 49.8 Å². The number of likely N-dealkylation sites (tertiary alicyclic amines) is 1. The molecule has 7 rings (SSSR count). The molecule has 2 aliphatic carbocycles. The van der Waals surface area contributed by atoms with Crippen LogP contribution in [-0.4, -0.2) is 62.4 Å². The van der Waals surface area contributed by atoms with Gasteiger partial charge in [0, 0.05) is 48.6 Å². The number of aromatic nitrogens is 3. The molecule has 2 aromatic heterocycles. The lowest BCUT2D eigenvalue weighted by atomic mass is 9.80. The Bertz CT molecular complexity index is 1640. The van der Waals surface area contributed by atoms with E-state index in [1.54, 1.807) is 19.2 Å². The Hall–Kier alpha value is -4.35. The summed E-state index contributed by atoms with van der Waals surface area (Å²) >= 11 is 0. The molecule has 4 aliphatic rings. The van der Waals surface area contributed by atoms with Crippen molar-refractivity contribution in [2.45, 2.75) is 68.6 Å². The molecule has 2 fully saturated rings. The Labute approximate surface area is 245 Å². The first-order chi connectivity index (χ1) is 20.5. The van der Waals surface area contributed by atoms with Crippen LogP contribution in [0, 0.1) is 5.41 Å². The fourth-order valence-corrected chi connectivity index (χ4v) is 7.01. The number of alkyl halides is 3. The van der Waals surface area contributed by atoms with Gasteiger partial charge in [0.05, 0.1) is 16.4 Å². The third-order valence-corrected chi connectivity index (χ3v) is 9.78. The highest BCUT2D eigenvalue weighted by Gasteiger charge is 2.65. The van der Waals surface area contributed by atoms with Crippen LogP contribution in [0.25, 0.3) is 0 Å². The van der Waals surface area contributed by atoms with E-state index in [9.17, 15) is 27.6 Å². The summed E-state index contributed by atoms with van der Waals surface area (Å²) in [5, 5.41) is 5.61. The third kappa shape index (κ3) is 4.37. The van der Waals surface area contributed by atoms with Crippen LogP contribution in [0.15, 0.2) is 55.1 Å².